The monoisotopic (exact) mass is 283 g/mol. The first-order chi connectivity index (χ1) is 9.56. The highest BCUT2D eigenvalue weighted by Gasteiger charge is 2.26. The highest BCUT2D eigenvalue weighted by molar-refractivity contribution is 5.62. The van der Waals surface area contributed by atoms with Gasteiger partial charge in [-0.1, -0.05) is 0 Å². The lowest BCUT2D eigenvalue weighted by Crippen LogP contribution is -2.52. The minimum Gasteiger partial charge on any atom is -0.494 e. The standard InChI is InChI=1S/C13H18FN3O3/c1-15-5-6-16(9-11(15)8-14)12-4-3-10(17(18)19)7-13(12)20-2/h3-4,7,11H,5-6,8-9H2,1-2H3. The third-order valence-corrected chi connectivity index (χ3v) is 3.67. The Morgan fingerprint density at radius 1 is 1.50 bits per heavy atom. The summed E-state index contributed by atoms with van der Waals surface area (Å²) in [5.41, 5.74) is 0.756. The molecule has 1 aromatic rings. The van der Waals surface area contributed by atoms with Crippen LogP contribution in [0.15, 0.2) is 18.2 Å². The molecular formula is C13H18FN3O3. The van der Waals surface area contributed by atoms with Crippen LogP contribution in [0.3, 0.4) is 0 Å². The van der Waals surface area contributed by atoms with Crippen LogP contribution in [0.25, 0.3) is 0 Å². The van der Waals surface area contributed by atoms with Crippen LogP contribution in [-0.2, 0) is 0 Å². The van der Waals surface area contributed by atoms with E-state index in [9.17, 15) is 14.5 Å². The number of anilines is 1. The summed E-state index contributed by atoms with van der Waals surface area (Å²) in [6.45, 7) is 1.61. The molecule has 1 aliphatic rings. The maximum Gasteiger partial charge on any atom is 0.273 e. The van der Waals surface area contributed by atoms with Crippen molar-refractivity contribution in [1.82, 2.24) is 4.90 Å². The average molecular weight is 283 g/mol. The minimum absolute atomic E-state index is 0.0123. The molecule has 0 aliphatic carbocycles. The van der Waals surface area contributed by atoms with Crippen LogP contribution in [-0.4, -0.2) is 56.3 Å². The number of alkyl halides is 1. The maximum atomic E-state index is 13.0. The topological polar surface area (TPSA) is 58.9 Å². The smallest absolute Gasteiger partial charge is 0.273 e. The van der Waals surface area contributed by atoms with Gasteiger partial charge in [0.25, 0.3) is 5.69 Å². The Morgan fingerprint density at radius 2 is 2.25 bits per heavy atom. The summed E-state index contributed by atoms with van der Waals surface area (Å²) in [5.74, 6) is 0.446. The number of piperazine rings is 1. The Kier molecular flexibility index (Phi) is 4.39. The van der Waals surface area contributed by atoms with Gasteiger partial charge in [0.1, 0.15) is 12.4 Å². The number of benzene rings is 1. The van der Waals surface area contributed by atoms with E-state index in [-0.39, 0.29) is 11.7 Å². The van der Waals surface area contributed by atoms with Crippen molar-refractivity contribution in [2.45, 2.75) is 6.04 Å². The molecule has 7 heteroatoms. The molecule has 1 atom stereocenters. The van der Waals surface area contributed by atoms with Crippen LogP contribution >= 0.6 is 0 Å². The maximum absolute atomic E-state index is 13.0. The first kappa shape index (κ1) is 14.5. The van der Waals surface area contributed by atoms with Gasteiger partial charge in [-0.15, -0.1) is 0 Å². The van der Waals surface area contributed by atoms with Gasteiger partial charge < -0.3 is 9.64 Å². The van der Waals surface area contributed by atoms with E-state index in [1.165, 1.54) is 19.2 Å². The van der Waals surface area contributed by atoms with E-state index in [1.54, 1.807) is 6.07 Å². The Balaban J connectivity index is 2.26. The van der Waals surface area contributed by atoms with Crippen LogP contribution in [0.4, 0.5) is 15.8 Å². The number of nitrogens with zero attached hydrogens (tertiary/aromatic N) is 3. The van der Waals surface area contributed by atoms with Crippen molar-refractivity contribution in [2.24, 2.45) is 0 Å². The Labute approximate surface area is 116 Å². The quantitative estimate of drug-likeness (QED) is 0.621. The van der Waals surface area contributed by atoms with E-state index in [2.05, 4.69) is 0 Å². The van der Waals surface area contributed by atoms with Crippen molar-refractivity contribution in [1.29, 1.82) is 0 Å². The van der Waals surface area contributed by atoms with Crippen LogP contribution in [0.5, 0.6) is 5.75 Å². The third-order valence-electron chi connectivity index (χ3n) is 3.67. The minimum atomic E-state index is -0.458. The Hall–Kier alpha value is -1.89. The number of halogens is 1. The second kappa shape index (κ2) is 6.04. The summed E-state index contributed by atoms with van der Waals surface area (Å²) in [7, 11) is 3.37. The molecule has 1 unspecified atom stereocenters. The highest BCUT2D eigenvalue weighted by atomic mass is 19.1. The molecule has 6 nitrogen and oxygen atoms in total. The molecule has 0 bridgehead atoms. The summed E-state index contributed by atoms with van der Waals surface area (Å²) in [6.07, 6.45) is 0. The van der Waals surface area contributed by atoms with Gasteiger partial charge in [-0.2, -0.15) is 0 Å². The van der Waals surface area contributed by atoms with Gasteiger partial charge in [-0.3, -0.25) is 15.0 Å². The highest BCUT2D eigenvalue weighted by Crippen LogP contribution is 2.33. The molecule has 0 amide bonds. The molecule has 0 spiro atoms. The van der Waals surface area contributed by atoms with Crippen LogP contribution in [0, 0.1) is 10.1 Å². The fourth-order valence-corrected chi connectivity index (χ4v) is 2.37. The molecule has 1 heterocycles. The summed E-state index contributed by atoms with van der Waals surface area (Å²) in [4.78, 5) is 14.3. The van der Waals surface area contributed by atoms with E-state index in [0.717, 1.165) is 18.8 Å². The number of methoxy groups -OCH3 is 1. The second-order valence-corrected chi connectivity index (χ2v) is 4.85. The zero-order valence-electron chi connectivity index (χ0n) is 11.6. The number of nitro benzene ring substituents is 1. The number of likely N-dealkylation sites (N-methyl/N-ethyl adjacent to an activating group) is 1. The van der Waals surface area contributed by atoms with Crippen molar-refractivity contribution < 1.29 is 14.1 Å². The molecule has 0 N–H and O–H groups in total. The normalized spacial score (nSPS) is 19.9. The molecule has 1 aliphatic heterocycles. The molecule has 110 valence electrons. The Bertz CT molecular complexity index is 498. The molecular weight excluding hydrogens is 265 g/mol. The molecule has 0 aromatic heterocycles. The number of hydrogen-bond acceptors (Lipinski definition) is 5. The summed E-state index contributed by atoms with van der Waals surface area (Å²) in [5, 5.41) is 10.8. The predicted molar refractivity (Wildman–Crippen MR) is 74.3 cm³/mol. The lowest BCUT2D eigenvalue weighted by molar-refractivity contribution is -0.384. The number of non-ortho nitro benzene ring substituents is 1. The molecule has 1 fully saturated rings. The average Bonchev–Trinajstić information content (AvgIpc) is 2.47. The first-order valence-corrected chi connectivity index (χ1v) is 6.40. The van der Waals surface area contributed by atoms with Crippen molar-refractivity contribution in [3.63, 3.8) is 0 Å². The van der Waals surface area contributed by atoms with Gasteiger partial charge in [0.15, 0.2) is 0 Å². The van der Waals surface area contributed by atoms with Gasteiger partial charge in [-0.05, 0) is 13.1 Å². The van der Waals surface area contributed by atoms with E-state index in [1.807, 2.05) is 16.8 Å². The molecule has 0 radical (unpaired) electrons. The number of rotatable bonds is 4. The summed E-state index contributed by atoms with van der Waals surface area (Å²) >= 11 is 0. The van der Waals surface area contributed by atoms with Crippen molar-refractivity contribution in [3.05, 3.63) is 28.3 Å². The van der Waals surface area contributed by atoms with E-state index >= 15 is 0 Å². The number of hydrogen-bond donors (Lipinski definition) is 0. The van der Waals surface area contributed by atoms with E-state index in [4.69, 9.17) is 4.74 Å². The fraction of sp³-hybridized carbons (Fsp3) is 0.538. The van der Waals surface area contributed by atoms with E-state index in [0.29, 0.717) is 12.3 Å². The zero-order chi connectivity index (χ0) is 14.7. The largest absolute Gasteiger partial charge is 0.494 e. The lowest BCUT2D eigenvalue weighted by Gasteiger charge is -2.39. The van der Waals surface area contributed by atoms with Gasteiger partial charge in [0, 0.05) is 25.7 Å². The Morgan fingerprint density at radius 3 is 2.85 bits per heavy atom. The van der Waals surface area contributed by atoms with E-state index < -0.39 is 11.6 Å². The van der Waals surface area contributed by atoms with Crippen molar-refractivity contribution >= 4 is 11.4 Å². The molecule has 1 saturated heterocycles. The second-order valence-electron chi connectivity index (χ2n) is 4.85. The van der Waals surface area contributed by atoms with Crippen molar-refractivity contribution in [2.75, 3.05) is 45.4 Å². The lowest BCUT2D eigenvalue weighted by atomic mass is 10.1. The molecule has 2 rings (SSSR count). The third kappa shape index (κ3) is 2.82. The summed E-state index contributed by atoms with van der Waals surface area (Å²) in [6, 6.07) is 4.35. The number of nitro groups is 1. The zero-order valence-corrected chi connectivity index (χ0v) is 11.6. The van der Waals surface area contributed by atoms with Gasteiger partial charge >= 0.3 is 0 Å². The van der Waals surface area contributed by atoms with Gasteiger partial charge in [0.05, 0.1) is 29.8 Å². The van der Waals surface area contributed by atoms with Crippen LogP contribution in [0.1, 0.15) is 0 Å². The molecule has 1 aromatic carbocycles. The molecule has 20 heavy (non-hydrogen) atoms. The van der Waals surface area contributed by atoms with Gasteiger partial charge in [-0.25, -0.2) is 4.39 Å². The SMILES string of the molecule is COc1cc([N+](=O)[O-])ccc1N1CCN(C)C(CF)C1. The van der Waals surface area contributed by atoms with Gasteiger partial charge in [0.2, 0.25) is 0 Å². The van der Waals surface area contributed by atoms with Crippen molar-refractivity contribution in [3.8, 4) is 5.75 Å². The number of ether oxygens (including phenoxy) is 1. The fourth-order valence-electron chi connectivity index (χ4n) is 2.37. The summed E-state index contributed by atoms with van der Waals surface area (Å²) < 4.78 is 18.2. The first-order valence-electron chi connectivity index (χ1n) is 6.40. The van der Waals surface area contributed by atoms with Crippen LogP contribution < -0.4 is 9.64 Å². The van der Waals surface area contributed by atoms with Crippen LogP contribution in [0.2, 0.25) is 0 Å². The molecule has 0 saturated carbocycles. The predicted octanol–water partition coefficient (Wildman–Crippen LogP) is 1.69.